The monoisotopic (exact) mass is 581 g/mol. The molecular formula is C43H35NO. The standard InChI is InChI=1S/C43H35NO/c1-45-43-39(34-16-9-4-10-17-34)18-11-19-40(43)35-20-22-36(23-21-35)41-30-37(32-14-7-3-8-15-32)26-29-42(41)44-38-27-24-33(25-28-38)31-12-5-2-6-13-31/h2-30,41-42,44H,1H3. The van der Waals surface area contributed by atoms with E-state index in [4.69, 9.17) is 4.74 Å². The molecule has 0 aliphatic heterocycles. The number of benzene rings is 6. The molecular weight excluding hydrogens is 546 g/mol. The van der Waals surface area contributed by atoms with E-state index < -0.39 is 0 Å². The fourth-order valence-electron chi connectivity index (χ4n) is 6.24. The van der Waals surface area contributed by atoms with Crippen LogP contribution in [0.25, 0.3) is 39.0 Å². The van der Waals surface area contributed by atoms with Gasteiger partial charge in [0.2, 0.25) is 0 Å². The second-order valence-electron chi connectivity index (χ2n) is 11.4. The average Bonchev–Trinajstić information content (AvgIpc) is 3.13. The first-order valence-electron chi connectivity index (χ1n) is 15.5. The van der Waals surface area contributed by atoms with Gasteiger partial charge in [0.05, 0.1) is 13.2 Å². The lowest BCUT2D eigenvalue weighted by atomic mass is 9.83. The van der Waals surface area contributed by atoms with Gasteiger partial charge in [0.25, 0.3) is 0 Å². The Morgan fingerprint density at radius 2 is 1.00 bits per heavy atom. The third kappa shape index (κ3) is 6.09. The van der Waals surface area contributed by atoms with Gasteiger partial charge in [0.1, 0.15) is 5.75 Å². The fraction of sp³-hybridized carbons (Fsp3) is 0.0698. The molecule has 2 nitrogen and oxygen atoms in total. The quantitative estimate of drug-likeness (QED) is 0.193. The smallest absolute Gasteiger partial charge is 0.134 e. The predicted molar refractivity (Wildman–Crippen MR) is 189 cm³/mol. The van der Waals surface area contributed by atoms with Crippen LogP contribution >= 0.6 is 0 Å². The van der Waals surface area contributed by atoms with Crippen molar-refractivity contribution in [1.82, 2.24) is 0 Å². The van der Waals surface area contributed by atoms with Gasteiger partial charge in [-0.25, -0.2) is 0 Å². The summed E-state index contributed by atoms with van der Waals surface area (Å²) in [6, 6.07) is 55.7. The first-order chi connectivity index (χ1) is 22.3. The Kier molecular flexibility index (Phi) is 8.11. The summed E-state index contributed by atoms with van der Waals surface area (Å²) in [5, 5.41) is 3.82. The highest BCUT2D eigenvalue weighted by Crippen LogP contribution is 2.40. The highest BCUT2D eigenvalue weighted by atomic mass is 16.5. The molecule has 0 aromatic heterocycles. The van der Waals surface area contributed by atoms with Crippen molar-refractivity contribution >= 4 is 11.3 Å². The van der Waals surface area contributed by atoms with E-state index in [1.807, 2.05) is 6.07 Å². The van der Waals surface area contributed by atoms with Gasteiger partial charge in [-0.1, -0.05) is 164 Å². The van der Waals surface area contributed by atoms with Crippen molar-refractivity contribution in [1.29, 1.82) is 0 Å². The minimum Gasteiger partial charge on any atom is -0.495 e. The van der Waals surface area contributed by atoms with Crippen molar-refractivity contribution < 1.29 is 4.74 Å². The lowest BCUT2D eigenvalue weighted by molar-refractivity contribution is 0.418. The van der Waals surface area contributed by atoms with Crippen molar-refractivity contribution in [3.63, 3.8) is 0 Å². The zero-order chi connectivity index (χ0) is 30.4. The third-order valence-corrected chi connectivity index (χ3v) is 8.57. The van der Waals surface area contributed by atoms with Gasteiger partial charge in [-0.2, -0.15) is 0 Å². The molecule has 1 aliphatic rings. The number of methoxy groups -OCH3 is 1. The van der Waals surface area contributed by atoms with E-state index in [0.717, 1.165) is 33.7 Å². The van der Waals surface area contributed by atoms with Gasteiger partial charge in [-0.15, -0.1) is 0 Å². The van der Waals surface area contributed by atoms with Gasteiger partial charge in [0.15, 0.2) is 0 Å². The average molecular weight is 582 g/mol. The molecule has 0 spiro atoms. The van der Waals surface area contributed by atoms with Crippen LogP contribution in [0.4, 0.5) is 5.69 Å². The van der Waals surface area contributed by atoms with Crippen LogP contribution in [0.1, 0.15) is 17.0 Å². The molecule has 6 aromatic carbocycles. The van der Waals surface area contributed by atoms with Crippen LogP contribution in [0, 0.1) is 0 Å². The number of hydrogen-bond donors (Lipinski definition) is 1. The van der Waals surface area contributed by atoms with Crippen LogP contribution in [-0.4, -0.2) is 13.2 Å². The number of ether oxygens (including phenoxy) is 1. The topological polar surface area (TPSA) is 21.3 Å². The molecule has 0 amide bonds. The van der Waals surface area contributed by atoms with E-state index in [-0.39, 0.29) is 12.0 Å². The Morgan fingerprint density at radius 3 is 1.60 bits per heavy atom. The van der Waals surface area contributed by atoms with Crippen molar-refractivity contribution in [2.24, 2.45) is 0 Å². The van der Waals surface area contributed by atoms with Crippen molar-refractivity contribution in [3.05, 3.63) is 187 Å². The Labute approximate surface area is 266 Å². The van der Waals surface area contributed by atoms with E-state index in [2.05, 4.69) is 175 Å². The highest BCUT2D eigenvalue weighted by Gasteiger charge is 2.24. The lowest BCUT2D eigenvalue weighted by Crippen LogP contribution is -2.26. The lowest BCUT2D eigenvalue weighted by Gasteiger charge is -2.29. The molecule has 45 heavy (non-hydrogen) atoms. The normalized spacial score (nSPS) is 15.7. The summed E-state index contributed by atoms with van der Waals surface area (Å²) in [6.45, 7) is 0. The van der Waals surface area contributed by atoms with Gasteiger partial charge in [-0.3, -0.25) is 0 Å². The molecule has 0 heterocycles. The maximum absolute atomic E-state index is 5.99. The molecule has 0 saturated heterocycles. The number of para-hydroxylation sites is 1. The molecule has 2 heteroatoms. The van der Waals surface area contributed by atoms with Gasteiger partial charge in [0, 0.05) is 22.7 Å². The van der Waals surface area contributed by atoms with Gasteiger partial charge >= 0.3 is 0 Å². The van der Waals surface area contributed by atoms with Crippen LogP contribution in [0.15, 0.2) is 176 Å². The Hall–Kier alpha value is -5.60. The van der Waals surface area contributed by atoms with Gasteiger partial charge < -0.3 is 10.1 Å². The molecule has 0 saturated carbocycles. The van der Waals surface area contributed by atoms with E-state index in [1.54, 1.807) is 7.11 Å². The zero-order valence-electron chi connectivity index (χ0n) is 25.3. The predicted octanol–water partition coefficient (Wildman–Crippen LogP) is 10.9. The molecule has 1 aliphatic carbocycles. The van der Waals surface area contributed by atoms with E-state index in [1.165, 1.54) is 27.8 Å². The van der Waals surface area contributed by atoms with Crippen LogP contribution in [0.2, 0.25) is 0 Å². The number of hydrogen-bond acceptors (Lipinski definition) is 2. The second kappa shape index (κ2) is 13.0. The number of anilines is 1. The SMILES string of the molecule is COc1c(-c2ccccc2)cccc1-c1ccc(C2C=C(c3ccccc3)C=CC2Nc2ccc(-c3ccccc3)cc2)cc1. The van der Waals surface area contributed by atoms with Crippen LogP contribution < -0.4 is 10.1 Å². The Morgan fingerprint density at radius 1 is 0.489 bits per heavy atom. The van der Waals surface area contributed by atoms with Gasteiger partial charge in [-0.05, 0) is 51.1 Å². The van der Waals surface area contributed by atoms with E-state index >= 15 is 0 Å². The van der Waals surface area contributed by atoms with E-state index in [0.29, 0.717) is 0 Å². The maximum Gasteiger partial charge on any atom is 0.134 e. The second-order valence-corrected chi connectivity index (χ2v) is 11.4. The zero-order valence-corrected chi connectivity index (χ0v) is 25.3. The molecule has 2 unspecified atom stereocenters. The molecule has 7 rings (SSSR count). The molecule has 6 aromatic rings. The summed E-state index contributed by atoms with van der Waals surface area (Å²) in [5.74, 6) is 1.03. The third-order valence-electron chi connectivity index (χ3n) is 8.57. The number of rotatable bonds is 8. The Balaban J connectivity index is 1.20. The molecule has 2 atom stereocenters. The van der Waals surface area contributed by atoms with E-state index in [9.17, 15) is 0 Å². The summed E-state index contributed by atoms with van der Waals surface area (Å²) < 4.78 is 5.99. The maximum atomic E-state index is 5.99. The minimum absolute atomic E-state index is 0.0989. The Bertz CT molecular complexity index is 1920. The summed E-state index contributed by atoms with van der Waals surface area (Å²) in [6.07, 6.45) is 6.95. The number of nitrogens with one attached hydrogen (secondary N) is 1. The van der Waals surface area contributed by atoms with Crippen molar-refractivity contribution in [3.8, 4) is 39.1 Å². The summed E-state index contributed by atoms with van der Waals surface area (Å²) >= 11 is 0. The largest absolute Gasteiger partial charge is 0.495 e. The van der Waals surface area contributed by atoms with Crippen LogP contribution in [-0.2, 0) is 0 Å². The van der Waals surface area contributed by atoms with Crippen LogP contribution in [0.5, 0.6) is 5.75 Å². The van der Waals surface area contributed by atoms with Crippen LogP contribution in [0.3, 0.4) is 0 Å². The minimum atomic E-state index is 0.0989. The molecule has 0 bridgehead atoms. The molecule has 1 N–H and O–H groups in total. The van der Waals surface area contributed by atoms with Crippen molar-refractivity contribution in [2.45, 2.75) is 12.0 Å². The fourth-order valence-corrected chi connectivity index (χ4v) is 6.24. The summed E-state index contributed by atoms with van der Waals surface area (Å²) in [5.41, 5.74) is 11.7. The summed E-state index contributed by atoms with van der Waals surface area (Å²) in [4.78, 5) is 0. The molecule has 218 valence electrons. The first-order valence-corrected chi connectivity index (χ1v) is 15.5. The number of allylic oxidation sites excluding steroid dienone is 2. The summed E-state index contributed by atoms with van der Waals surface area (Å²) in [7, 11) is 1.76. The molecule has 0 fully saturated rings. The van der Waals surface area contributed by atoms with Crippen molar-refractivity contribution in [2.75, 3.05) is 12.4 Å². The first kappa shape index (κ1) is 28.2. The molecule has 0 radical (unpaired) electrons. The highest BCUT2D eigenvalue weighted by molar-refractivity contribution is 5.83.